The number of nitrogens with zero attached hydrogens (tertiary/aromatic N) is 2. The molecule has 0 radical (unpaired) electrons. The number of aliphatic imine (C=N–C) groups is 1. The van der Waals surface area contributed by atoms with Crippen LogP contribution in [0.4, 0.5) is 0 Å². The summed E-state index contributed by atoms with van der Waals surface area (Å²) in [6, 6.07) is 12.9. The summed E-state index contributed by atoms with van der Waals surface area (Å²) in [6.07, 6.45) is 1.93. The van der Waals surface area contributed by atoms with E-state index in [0.29, 0.717) is 28.6 Å². The van der Waals surface area contributed by atoms with Gasteiger partial charge in [-0.1, -0.05) is 57.5 Å². The number of esters is 1. The van der Waals surface area contributed by atoms with Gasteiger partial charge in [-0.05, 0) is 43.5 Å². The number of allylic oxidation sites excluding steroid dienone is 1. The van der Waals surface area contributed by atoms with Crippen LogP contribution >= 0.6 is 39.3 Å². The van der Waals surface area contributed by atoms with E-state index in [1.807, 2.05) is 65.9 Å². The number of ether oxygens (including phenoxy) is 2. The third kappa shape index (κ3) is 4.54. The van der Waals surface area contributed by atoms with Crippen LogP contribution in [0.1, 0.15) is 31.0 Å². The summed E-state index contributed by atoms with van der Waals surface area (Å²) in [5.74, 6) is 0.282. The highest BCUT2D eigenvalue weighted by atomic mass is 79.9. The molecular formula is C23H20BrClN2O3S. The standard InChI is InChI=1S/C23H20BrClN2O3S/c1-3-29-22(28)20-14(2)26-23-27(10-11-31-23)21(20)17-12-16(24)8-9-19(17)30-13-15-6-4-5-7-18(15)25/h4-12,21H,3,13H2,1-2H3/t21-/m1/s1. The monoisotopic (exact) mass is 518 g/mol. The number of carbonyl (C=O) groups is 1. The van der Waals surface area contributed by atoms with Crippen molar-refractivity contribution in [3.8, 4) is 5.75 Å². The Kier molecular flexibility index (Phi) is 6.74. The SMILES string of the molecule is CCOC(=O)C1=C(C)N=C2SC=CN2[C@@H]1c1cc(Br)ccc1OCc1ccccc1Cl. The maximum atomic E-state index is 12.9. The fraction of sp³-hybridized carbons (Fsp3) is 0.217. The second-order valence-corrected chi connectivity index (χ2v) is 9.08. The highest BCUT2D eigenvalue weighted by Crippen LogP contribution is 2.44. The molecule has 0 saturated heterocycles. The lowest BCUT2D eigenvalue weighted by Gasteiger charge is -2.34. The maximum Gasteiger partial charge on any atom is 0.338 e. The molecule has 160 valence electrons. The summed E-state index contributed by atoms with van der Waals surface area (Å²) >= 11 is 11.4. The van der Waals surface area contributed by atoms with Gasteiger partial charge in [0.15, 0.2) is 5.17 Å². The van der Waals surface area contributed by atoms with E-state index in [2.05, 4.69) is 20.9 Å². The molecule has 0 aliphatic carbocycles. The van der Waals surface area contributed by atoms with E-state index in [4.69, 9.17) is 21.1 Å². The van der Waals surface area contributed by atoms with Gasteiger partial charge in [-0.3, -0.25) is 0 Å². The Morgan fingerprint density at radius 3 is 2.87 bits per heavy atom. The molecule has 0 spiro atoms. The van der Waals surface area contributed by atoms with Gasteiger partial charge in [-0.15, -0.1) is 0 Å². The van der Waals surface area contributed by atoms with E-state index >= 15 is 0 Å². The molecule has 2 heterocycles. The number of amidine groups is 1. The normalized spacial score (nSPS) is 17.5. The van der Waals surface area contributed by atoms with E-state index in [1.54, 1.807) is 6.92 Å². The van der Waals surface area contributed by atoms with Crippen LogP contribution in [-0.4, -0.2) is 22.6 Å². The second kappa shape index (κ2) is 9.51. The first-order valence-electron chi connectivity index (χ1n) is 9.73. The summed E-state index contributed by atoms with van der Waals surface area (Å²) in [6.45, 7) is 4.23. The lowest BCUT2D eigenvalue weighted by atomic mass is 9.94. The average Bonchev–Trinajstić information content (AvgIpc) is 3.21. The highest BCUT2D eigenvalue weighted by Gasteiger charge is 2.39. The number of hydrogen-bond donors (Lipinski definition) is 0. The van der Waals surface area contributed by atoms with E-state index in [-0.39, 0.29) is 12.6 Å². The van der Waals surface area contributed by atoms with Gasteiger partial charge in [-0.2, -0.15) is 0 Å². The number of fused-ring (bicyclic) bond motifs is 1. The van der Waals surface area contributed by atoms with Crippen molar-refractivity contribution >= 4 is 50.4 Å². The second-order valence-electron chi connectivity index (χ2n) is 6.89. The predicted octanol–water partition coefficient (Wildman–Crippen LogP) is 6.45. The maximum absolute atomic E-state index is 12.9. The lowest BCUT2D eigenvalue weighted by Crippen LogP contribution is -2.34. The van der Waals surface area contributed by atoms with E-state index in [0.717, 1.165) is 20.8 Å². The smallest absolute Gasteiger partial charge is 0.338 e. The summed E-state index contributed by atoms with van der Waals surface area (Å²) in [7, 11) is 0. The first-order valence-corrected chi connectivity index (χ1v) is 11.8. The number of rotatable bonds is 6. The molecule has 4 rings (SSSR count). The molecule has 2 aliphatic heterocycles. The Morgan fingerprint density at radius 2 is 2.10 bits per heavy atom. The molecule has 0 unspecified atom stereocenters. The zero-order chi connectivity index (χ0) is 22.0. The predicted molar refractivity (Wildman–Crippen MR) is 128 cm³/mol. The van der Waals surface area contributed by atoms with E-state index < -0.39 is 6.04 Å². The van der Waals surface area contributed by atoms with E-state index in [1.165, 1.54) is 11.8 Å². The van der Waals surface area contributed by atoms with Crippen LogP contribution in [0.5, 0.6) is 5.75 Å². The van der Waals surface area contributed by atoms with Crippen LogP contribution in [0.3, 0.4) is 0 Å². The molecule has 2 aromatic carbocycles. The van der Waals surface area contributed by atoms with Gasteiger partial charge in [0.2, 0.25) is 0 Å². The number of halogens is 2. The van der Waals surface area contributed by atoms with Gasteiger partial charge >= 0.3 is 5.97 Å². The summed E-state index contributed by atoms with van der Waals surface area (Å²) < 4.78 is 12.5. The third-order valence-corrected chi connectivity index (χ3v) is 6.56. The minimum atomic E-state index is -0.420. The number of carbonyl (C=O) groups excluding carboxylic acids is 1. The van der Waals surface area contributed by atoms with Crippen LogP contribution in [0, 0.1) is 0 Å². The van der Waals surface area contributed by atoms with Gasteiger partial charge in [-0.25, -0.2) is 9.79 Å². The fourth-order valence-corrected chi connectivity index (χ4v) is 4.87. The van der Waals surface area contributed by atoms with Gasteiger partial charge in [0, 0.05) is 26.8 Å². The Labute approximate surface area is 198 Å². The third-order valence-electron chi connectivity index (χ3n) is 4.92. The molecule has 31 heavy (non-hydrogen) atoms. The molecule has 8 heteroatoms. The topological polar surface area (TPSA) is 51.1 Å². The zero-order valence-electron chi connectivity index (χ0n) is 17.0. The first kappa shape index (κ1) is 22.0. The molecule has 0 saturated carbocycles. The molecule has 0 amide bonds. The van der Waals surface area contributed by atoms with Crippen LogP contribution in [0.25, 0.3) is 0 Å². The number of hydrogen-bond acceptors (Lipinski definition) is 6. The van der Waals surface area contributed by atoms with Crippen LogP contribution in [0.2, 0.25) is 5.02 Å². The van der Waals surface area contributed by atoms with Crippen LogP contribution < -0.4 is 4.74 Å². The molecule has 0 fully saturated rings. The van der Waals surface area contributed by atoms with Crippen molar-refractivity contribution in [2.75, 3.05) is 6.61 Å². The summed E-state index contributed by atoms with van der Waals surface area (Å²) in [5, 5.41) is 3.41. The Bertz CT molecular complexity index is 1120. The van der Waals surface area contributed by atoms with Gasteiger partial charge in [0.1, 0.15) is 12.4 Å². The van der Waals surface area contributed by atoms with Crippen molar-refractivity contribution in [3.63, 3.8) is 0 Å². The Balaban J connectivity index is 1.76. The van der Waals surface area contributed by atoms with Crippen molar-refractivity contribution in [1.82, 2.24) is 4.90 Å². The Hall–Kier alpha value is -2.22. The minimum absolute atomic E-state index is 0.290. The molecule has 0 aromatic heterocycles. The van der Waals surface area contributed by atoms with Crippen molar-refractivity contribution in [2.45, 2.75) is 26.5 Å². The minimum Gasteiger partial charge on any atom is -0.488 e. The average molecular weight is 520 g/mol. The molecule has 1 atom stereocenters. The van der Waals surface area contributed by atoms with Crippen molar-refractivity contribution < 1.29 is 14.3 Å². The largest absolute Gasteiger partial charge is 0.488 e. The highest BCUT2D eigenvalue weighted by molar-refractivity contribution is 9.10. The van der Waals surface area contributed by atoms with Gasteiger partial charge in [0.05, 0.1) is 23.9 Å². The van der Waals surface area contributed by atoms with Gasteiger partial charge < -0.3 is 14.4 Å². The molecule has 2 aromatic rings. The number of benzene rings is 2. The van der Waals surface area contributed by atoms with Crippen molar-refractivity contribution in [1.29, 1.82) is 0 Å². The molecule has 0 N–H and O–H groups in total. The zero-order valence-corrected chi connectivity index (χ0v) is 20.1. The first-order chi connectivity index (χ1) is 15.0. The lowest BCUT2D eigenvalue weighted by molar-refractivity contribution is -0.139. The molecule has 5 nitrogen and oxygen atoms in total. The summed E-state index contributed by atoms with van der Waals surface area (Å²) in [5.41, 5.74) is 2.86. The quantitative estimate of drug-likeness (QED) is 0.411. The Morgan fingerprint density at radius 1 is 1.29 bits per heavy atom. The van der Waals surface area contributed by atoms with Gasteiger partial charge in [0.25, 0.3) is 0 Å². The summed E-state index contributed by atoms with van der Waals surface area (Å²) in [4.78, 5) is 19.5. The molecule has 0 bridgehead atoms. The fourth-order valence-electron chi connectivity index (χ4n) is 3.51. The molecule has 2 aliphatic rings. The van der Waals surface area contributed by atoms with Crippen LogP contribution in [0.15, 0.2) is 74.8 Å². The molecular weight excluding hydrogens is 500 g/mol. The van der Waals surface area contributed by atoms with Crippen LogP contribution in [-0.2, 0) is 16.1 Å². The number of thioether (sulfide) groups is 1. The van der Waals surface area contributed by atoms with Crippen molar-refractivity contribution in [3.05, 3.63) is 86.0 Å². The van der Waals surface area contributed by atoms with E-state index in [9.17, 15) is 4.79 Å². The van der Waals surface area contributed by atoms with Crippen molar-refractivity contribution in [2.24, 2.45) is 4.99 Å².